The molecule has 17 heavy (non-hydrogen) atoms. The average Bonchev–Trinajstić information content (AvgIpc) is 2.53. The highest BCUT2D eigenvalue weighted by Gasteiger charge is 2.10. The second kappa shape index (κ2) is 5.89. The molecule has 1 unspecified atom stereocenters. The van der Waals surface area contributed by atoms with E-state index < -0.39 is 0 Å². The number of fused-ring (bicyclic) bond motifs is 1. The standard InChI is InChI=1S/C13H20N2O2/c1-10(14)8-15-9-11-3-4-12-13(7-11)17-6-2-5-16-12/h3-4,7,10,15H,2,5-6,8-9,14H2,1H3. The lowest BCUT2D eigenvalue weighted by atomic mass is 10.2. The summed E-state index contributed by atoms with van der Waals surface area (Å²) in [6.45, 7) is 5.06. The summed E-state index contributed by atoms with van der Waals surface area (Å²) < 4.78 is 11.2. The molecular formula is C13H20N2O2. The number of ether oxygens (including phenoxy) is 2. The lowest BCUT2D eigenvalue weighted by molar-refractivity contribution is 0.297. The second-order valence-corrected chi connectivity index (χ2v) is 4.44. The number of hydrogen-bond acceptors (Lipinski definition) is 4. The number of nitrogens with two attached hydrogens (primary N) is 1. The molecule has 0 saturated heterocycles. The predicted octanol–water partition coefficient (Wildman–Crippen LogP) is 1.28. The number of nitrogens with one attached hydrogen (secondary N) is 1. The molecule has 4 heteroatoms. The smallest absolute Gasteiger partial charge is 0.161 e. The predicted molar refractivity (Wildman–Crippen MR) is 67.4 cm³/mol. The Hall–Kier alpha value is -1.26. The molecule has 1 aliphatic heterocycles. The van der Waals surface area contributed by atoms with Crippen LogP contribution in [0.25, 0.3) is 0 Å². The van der Waals surface area contributed by atoms with Crippen LogP contribution in [-0.4, -0.2) is 25.8 Å². The highest BCUT2D eigenvalue weighted by Crippen LogP contribution is 2.30. The summed E-state index contributed by atoms with van der Waals surface area (Å²) in [5.74, 6) is 1.70. The van der Waals surface area contributed by atoms with Crippen LogP contribution in [0.15, 0.2) is 18.2 Å². The van der Waals surface area contributed by atoms with Gasteiger partial charge in [0.15, 0.2) is 11.5 Å². The van der Waals surface area contributed by atoms with Gasteiger partial charge in [-0.1, -0.05) is 6.07 Å². The van der Waals surface area contributed by atoms with E-state index >= 15 is 0 Å². The fourth-order valence-corrected chi connectivity index (χ4v) is 1.76. The molecule has 94 valence electrons. The van der Waals surface area contributed by atoms with E-state index in [2.05, 4.69) is 11.4 Å². The molecule has 0 radical (unpaired) electrons. The first-order chi connectivity index (χ1) is 8.25. The zero-order valence-electron chi connectivity index (χ0n) is 10.2. The number of benzene rings is 1. The van der Waals surface area contributed by atoms with Crippen molar-refractivity contribution in [1.29, 1.82) is 0 Å². The largest absolute Gasteiger partial charge is 0.490 e. The highest BCUT2D eigenvalue weighted by atomic mass is 16.5. The topological polar surface area (TPSA) is 56.5 Å². The van der Waals surface area contributed by atoms with Gasteiger partial charge in [0.25, 0.3) is 0 Å². The highest BCUT2D eigenvalue weighted by molar-refractivity contribution is 5.43. The summed E-state index contributed by atoms with van der Waals surface area (Å²) in [5.41, 5.74) is 6.87. The van der Waals surface area contributed by atoms with Gasteiger partial charge in [-0.2, -0.15) is 0 Å². The quantitative estimate of drug-likeness (QED) is 0.827. The zero-order valence-corrected chi connectivity index (χ0v) is 10.2. The van der Waals surface area contributed by atoms with Crippen molar-refractivity contribution in [2.24, 2.45) is 5.73 Å². The molecule has 3 N–H and O–H groups in total. The minimum Gasteiger partial charge on any atom is -0.490 e. The Morgan fingerprint density at radius 3 is 2.82 bits per heavy atom. The first kappa shape index (κ1) is 12.2. The van der Waals surface area contributed by atoms with E-state index in [1.54, 1.807) is 0 Å². The minimum atomic E-state index is 0.176. The first-order valence-corrected chi connectivity index (χ1v) is 6.10. The maximum Gasteiger partial charge on any atom is 0.161 e. The third-order valence-corrected chi connectivity index (χ3v) is 2.61. The van der Waals surface area contributed by atoms with Crippen LogP contribution in [0.1, 0.15) is 18.9 Å². The molecule has 0 aromatic heterocycles. The molecule has 0 bridgehead atoms. The van der Waals surface area contributed by atoms with Crippen LogP contribution in [0.5, 0.6) is 11.5 Å². The summed E-state index contributed by atoms with van der Waals surface area (Å²) in [4.78, 5) is 0. The average molecular weight is 236 g/mol. The van der Waals surface area contributed by atoms with Gasteiger partial charge >= 0.3 is 0 Å². The van der Waals surface area contributed by atoms with Gasteiger partial charge in [-0.05, 0) is 24.6 Å². The summed E-state index contributed by atoms with van der Waals surface area (Å²) in [6.07, 6.45) is 0.937. The fraction of sp³-hybridized carbons (Fsp3) is 0.538. The molecule has 0 amide bonds. The van der Waals surface area contributed by atoms with Crippen molar-refractivity contribution in [1.82, 2.24) is 5.32 Å². The summed E-state index contributed by atoms with van der Waals surface area (Å²) in [5, 5.41) is 3.30. The van der Waals surface area contributed by atoms with Gasteiger partial charge in [0.05, 0.1) is 13.2 Å². The first-order valence-electron chi connectivity index (χ1n) is 6.10. The van der Waals surface area contributed by atoms with Crippen molar-refractivity contribution >= 4 is 0 Å². The lowest BCUT2D eigenvalue weighted by Gasteiger charge is -2.11. The number of rotatable bonds is 4. The van der Waals surface area contributed by atoms with Crippen molar-refractivity contribution in [3.8, 4) is 11.5 Å². The third-order valence-electron chi connectivity index (χ3n) is 2.61. The van der Waals surface area contributed by atoms with Gasteiger partial charge in [0.1, 0.15) is 0 Å². The molecule has 1 aliphatic rings. The summed E-state index contributed by atoms with van der Waals surface area (Å²) in [7, 11) is 0. The normalized spacial score (nSPS) is 16.4. The Kier molecular flexibility index (Phi) is 4.23. The monoisotopic (exact) mass is 236 g/mol. The van der Waals surface area contributed by atoms with Crippen LogP contribution in [0, 0.1) is 0 Å². The molecule has 1 aromatic rings. The van der Waals surface area contributed by atoms with Crippen LogP contribution < -0.4 is 20.5 Å². The lowest BCUT2D eigenvalue weighted by Crippen LogP contribution is -2.30. The maximum absolute atomic E-state index is 5.68. The van der Waals surface area contributed by atoms with Crippen LogP contribution in [0.4, 0.5) is 0 Å². The van der Waals surface area contributed by atoms with Gasteiger partial charge in [0.2, 0.25) is 0 Å². The Morgan fingerprint density at radius 1 is 1.29 bits per heavy atom. The third kappa shape index (κ3) is 3.61. The summed E-state index contributed by atoms with van der Waals surface area (Å²) in [6, 6.07) is 6.25. The molecule has 1 atom stereocenters. The van der Waals surface area contributed by atoms with E-state index in [0.29, 0.717) is 0 Å². The van der Waals surface area contributed by atoms with E-state index in [4.69, 9.17) is 15.2 Å². The van der Waals surface area contributed by atoms with E-state index in [0.717, 1.165) is 44.2 Å². The number of hydrogen-bond donors (Lipinski definition) is 2. The molecule has 0 saturated carbocycles. The van der Waals surface area contributed by atoms with Crippen molar-refractivity contribution in [2.75, 3.05) is 19.8 Å². The Labute approximate surface area is 102 Å². The maximum atomic E-state index is 5.68. The SMILES string of the molecule is CC(N)CNCc1ccc2c(c1)OCCCO2. The fourth-order valence-electron chi connectivity index (χ4n) is 1.76. The van der Waals surface area contributed by atoms with E-state index in [9.17, 15) is 0 Å². The van der Waals surface area contributed by atoms with Crippen LogP contribution >= 0.6 is 0 Å². The molecule has 4 nitrogen and oxygen atoms in total. The van der Waals surface area contributed by atoms with Crippen LogP contribution in [-0.2, 0) is 6.54 Å². The zero-order chi connectivity index (χ0) is 12.1. The Balaban J connectivity index is 1.97. The molecule has 0 fully saturated rings. The summed E-state index contributed by atoms with van der Waals surface area (Å²) >= 11 is 0. The van der Waals surface area contributed by atoms with Crippen LogP contribution in [0.2, 0.25) is 0 Å². The van der Waals surface area contributed by atoms with Gasteiger partial charge in [-0.15, -0.1) is 0 Å². The molecular weight excluding hydrogens is 216 g/mol. The molecule has 2 rings (SSSR count). The van der Waals surface area contributed by atoms with Crippen molar-refractivity contribution in [3.05, 3.63) is 23.8 Å². The van der Waals surface area contributed by atoms with Gasteiger partial charge in [-0.3, -0.25) is 0 Å². The van der Waals surface area contributed by atoms with Crippen molar-refractivity contribution < 1.29 is 9.47 Å². The minimum absolute atomic E-state index is 0.176. The Morgan fingerprint density at radius 2 is 2.06 bits per heavy atom. The molecule has 0 spiro atoms. The second-order valence-electron chi connectivity index (χ2n) is 4.44. The van der Waals surface area contributed by atoms with Gasteiger partial charge in [0, 0.05) is 25.6 Å². The van der Waals surface area contributed by atoms with Crippen molar-refractivity contribution in [3.63, 3.8) is 0 Å². The van der Waals surface area contributed by atoms with Gasteiger partial charge in [-0.25, -0.2) is 0 Å². The molecule has 1 aromatic carbocycles. The molecule has 1 heterocycles. The Bertz CT molecular complexity index is 366. The van der Waals surface area contributed by atoms with Crippen molar-refractivity contribution in [2.45, 2.75) is 25.9 Å². The molecule has 0 aliphatic carbocycles. The van der Waals surface area contributed by atoms with E-state index in [1.165, 1.54) is 5.56 Å². The van der Waals surface area contributed by atoms with E-state index in [-0.39, 0.29) is 6.04 Å². The van der Waals surface area contributed by atoms with Crippen LogP contribution in [0.3, 0.4) is 0 Å². The van der Waals surface area contributed by atoms with Gasteiger partial charge < -0.3 is 20.5 Å². The van der Waals surface area contributed by atoms with E-state index in [1.807, 2.05) is 19.1 Å².